The van der Waals surface area contributed by atoms with Gasteiger partial charge in [0.1, 0.15) is 6.61 Å². The lowest BCUT2D eigenvalue weighted by Crippen LogP contribution is -2.50. The van der Waals surface area contributed by atoms with Gasteiger partial charge in [-0.2, -0.15) is 0 Å². The molecule has 0 aliphatic carbocycles. The number of esters is 1. The molecule has 1 aromatic rings. The van der Waals surface area contributed by atoms with Gasteiger partial charge in [-0.25, -0.2) is 14.0 Å². The second-order valence-corrected chi connectivity index (χ2v) is 4.55. The Morgan fingerprint density at radius 2 is 2.05 bits per heavy atom. The minimum atomic E-state index is -2.43. The fourth-order valence-electron chi connectivity index (χ4n) is 2.18. The largest absolute Gasteiger partial charge is 0.457 e. The van der Waals surface area contributed by atoms with Crippen LogP contribution in [-0.4, -0.2) is 36.4 Å². The summed E-state index contributed by atoms with van der Waals surface area (Å²) in [6.07, 6.45) is -0.538. The summed E-state index contributed by atoms with van der Waals surface area (Å²) in [4.78, 5) is 24.2. The van der Waals surface area contributed by atoms with E-state index in [0.717, 1.165) is 17.6 Å². The smallest absolute Gasteiger partial charge is 0.412 e. The number of alkyl halides is 1. The van der Waals surface area contributed by atoms with Crippen LogP contribution in [-0.2, 0) is 20.9 Å². The molecule has 0 N–H and O–H groups in total. The first-order valence-corrected chi connectivity index (χ1v) is 6.33. The van der Waals surface area contributed by atoms with Gasteiger partial charge in [-0.15, -0.1) is 0 Å². The highest BCUT2D eigenvalue weighted by Gasteiger charge is 2.52. The average molecular weight is 281 g/mol. The summed E-state index contributed by atoms with van der Waals surface area (Å²) >= 11 is 0. The first-order chi connectivity index (χ1) is 9.58. The summed E-state index contributed by atoms with van der Waals surface area (Å²) < 4.78 is 24.1. The number of benzene rings is 1. The van der Waals surface area contributed by atoms with E-state index < -0.39 is 17.9 Å². The maximum atomic E-state index is 14.7. The summed E-state index contributed by atoms with van der Waals surface area (Å²) in [7, 11) is 1.15. The second kappa shape index (κ2) is 5.90. The minimum Gasteiger partial charge on any atom is -0.457 e. The summed E-state index contributed by atoms with van der Waals surface area (Å²) in [5.74, 6) is -3.48. The van der Waals surface area contributed by atoms with Gasteiger partial charge in [-0.05, 0) is 12.0 Å². The number of methoxy groups -OCH3 is 1. The average Bonchev–Trinajstić information content (AvgIpc) is 2.88. The monoisotopic (exact) mass is 281 g/mol. The van der Waals surface area contributed by atoms with Crippen molar-refractivity contribution in [3.63, 3.8) is 0 Å². The van der Waals surface area contributed by atoms with Crippen molar-refractivity contribution >= 4 is 12.1 Å². The molecular weight excluding hydrogens is 265 g/mol. The van der Waals surface area contributed by atoms with E-state index in [9.17, 15) is 14.0 Å². The van der Waals surface area contributed by atoms with Crippen LogP contribution < -0.4 is 0 Å². The lowest BCUT2D eigenvalue weighted by molar-refractivity contribution is -0.168. The zero-order valence-electron chi connectivity index (χ0n) is 11.2. The Bertz CT molecular complexity index is 493. The third-order valence-electron chi connectivity index (χ3n) is 3.24. The SMILES string of the molecule is COC(=O)N1CCC[C@]1(F)C(=O)OCc1ccccc1. The lowest BCUT2D eigenvalue weighted by atomic mass is 10.2. The van der Waals surface area contributed by atoms with Crippen molar-refractivity contribution < 1.29 is 23.5 Å². The summed E-state index contributed by atoms with van der Waals surface area (Å²) in [5, 5.41) is 0. The number of likely N-dealkylation sites (tertiary alicyclic amines) is 1. The molecule has 0 saturated carbocycles. The lowest BCUT2D eigenvalue weighted by Gasteiger charge is -2.27. The van der Waals surface area contributed by atoms with Gasteiger partial charge in [0.25, 0.3) is 5.79 Å². The molecule has 1 fully saturated rings. The summed E-state index contributed by atoms with van der Waals surface area (Å²) in [6, 6.07) is 8.96. The molecule has 0 radical (unpaired) electrons. The van der Waals surface area contributed by atoms with Gasteiger partial charge in [-0.1, -0.05) is 30.3 Å². The Morgan fingerprint density at radius 1 is 1.35 bits per heavy atom. The van der Waals surface area contributed by atoms with Gasteiger partial charge in [0.15, 0.2) is 0 Å². The number of rotatable bonds is 3. The van der Waals surface area contributed by atoms with Crippen molar-refractivity contribution in [2.24, 2.45) is 0 Å². The van der Waals surface area contributed by atoms with E-state index >= 15 is 0 Å². The van der Waals surface area contributed by atoms with Gasteiger partial charge in [-0.3, -0.25) is 4.90 Å². The molecule has 20 heavy (non-hydrogen) atoms. The number of ether oxygens (including phenoxy) is 2. The van der Waals surface area contributed by atoms with Gasteiger partial charge in [0.05, 0.1) is 7.11 Å². The Labute approximate surface area is 116 Å². The number of carbonyl (C=O) groups is 2. The second-order valence-electron chi connectivity index (χ2n) is 4.55. The highest BCUT2D eigenvalue weighted by molar-refractivity contribution is 5.84. The van der Waals surface area contributed by atoms with Crippen LogP contribution in [0.2, 0.25) is 0 Å². The quantitative estimate of drug-likeness (QED) is 0.630. The molecule has 0 unspecified atom stereocenters. The van der Waals surface area contributed by atoms with Crippen molar-refractivity contribution in [2.75, 3.05) is 13.7 Å². The third kappa shape index (κ3) is 2.74. The highest BCUT2D eigenvalue weighted by atomic mass is 19.1. The van der Waals surface area contributed by atoms with Gasteiger partial charge < -0.3 is 9.47 Å². The molecule has 1 amide bonds. The van der Waals surface area contributed by atoms with Crippen LogP contribution in [0.15, 0.2) is 30.3 Å². The van der Waals surface area contributed by atoms with Crippen molar-refractivity contribution in [2.45, 2.75) is 25.2 Å². The molecule has 1 aliphatic heterocycles. The Balaban J connectivity index is 2.02. The molecule has 6 heteroatoms. The summed E-state index contributed by atoms with van der Waals surface area (Å²) in [6.45, 7) is 0.115. The number of hydrogen-bond donors (Lipinski definition) is 0. The van der Waals surface area contributed by atoms with E-state index in [1.807, 2.05) is 6.07 Å². The molecule has 1 saturated heterocycles. The summed E-state index contributed by atoms with van der Waals surface area (Å²) in [5.41, 5.74) is 0.757. The molecule has 0 spiro atoms. The van der Waals surface area contributed by atoms with Crippen molar-refractivity contribution in [3.8, 4) is 0 Å². The van der Waals surface area contributed by atoms with Crippen LogP contribution in [0.25, 0.3) is 0 Å². The van der Waals surface area contributed by atoms with Gasteiger partial charge in [0.2, 0.25) is 0 Å². The molecule has 1 aliphatic rings. The Hall–Kier alpha value is -2.11. The predicted octanol–water partition coefficient (Wildman–Crippen LogP) is 2.26. The van der Waals surface area contributed by atoms with Gasteiger partial charge >= 0.3 is 12.1 Å². The van der Waals surface area contributed by atoms with Crippen molar-refractivity contribution in [3.05, 3.63) is 35.9 Å². The first kappa shape index (κ1) is 14.3. The van der Waals surface area contributed by atoms with Gasteiger partial charge in [0, 0.05) is 13.0 Å². The van der Waals surface area contributed by atoms with E-state index in [-0.39, 0.29) is 19.6 Å². The van der Waals surface area contributed by atoms with Crippen LogP contribution in [0.3, 0.4) is 0 Å². The highest BCUT2D eigenvalue weighted by Crippen LogP contribution is 2.32. The Morgan fingerprint density at radius 3 is 2.70 bits per heavy atom. The number of halogens is 1. The normalized spacial score (nSPS) is 21.6. The maximum absolute atomic E-state index is 14.7. The zero-order valence-corrected chi connectivity index (χ0v) is 11.2. The van der Waals surface area contributed by atoms with E-state index in [0.29, 0.717) is 6.42 Å². The van der Waals surface area contributed by atoms with E-state index in [2.05, 4.69) is 4.74 Å². The molecular formula is C14H16FNO4. The molecule has 1 atom stereocenters. The molecule has 0 bridgehead atoms. The van der Waals surface area contributed by atoms with E-state index in [4.69, 9.17) is 4.74 Å². The number of hydrogen-bond acceptors (Lipinski definition) is 4. The molecule has 108 valence electrons. The van der Waals surface area contributed by atoms with Crippen LogP contribution in [0.4, 0.5) is 9.18 Å². The molecule has 1 aromatic carbocycles. The standard InChI is InChI=1S/C14H16FNO4/c1-19-13(18)16-9-5-8-14(16,15)12(17)20-10-11-6-3-2-4-7-11/h2-4,6-7H,5,8-10H2,1H3/t14-/m1/s1. The van der Waals surface area contributed by atoms with Crippen LogP contribution in [0.1, 0.15) is 18.4 Å². The zero-order chi connectivity index (χ0) is 14.6. The fourth-order valence-corrected chi connectivity index (χ4v) is 2.18. The first-order valence-electron chi connectivity index (χ1n) is 6.33. The topological polar surface area (TPSA) is 55.8 Å². The van der Waals surface area contributed by atoms with E-state index in [1.165, 1.54) is 0 Å². The number of amides is 1. The molecule has 0 aromatic heterocycles. The molecule has 5 nitrogen and oxygen atoms in total. The van der Waals surface area contributed by atoms with Crippen molar-refractivity contribution in [1.29, 1.82) is 0 Å². The van der Waals surface area contributed by atoms with Crippen LogP contribution in [0.5, 0.6) is 0 Å². The van der Waals surface area contributed by atoms with Crippen LogP contribution >= 0.6 is 0 Å². The van der Waals surface area contributed by atoms with Crippen LogP contribution in [0, 0.1) is 0 Å². The van der Waals surface area contributed by atoms with E-state index in [1.54, 1.807) is 24.3 Å². The van der Waals surface area contributed by atoms with Crippen molar-refractivity contribution in [1.82, 2.24) is 4.90 Å². The molecule has 1 heterocycles. The predicted molar refractivity (Wildman–Crippen MR) is 68.4 cm³/mol. The minimum absolute atomic E-state index is 0.0274. The fraction of sp³-hybridized carbons (Fsp3) is 0.429. The molecule has 2 rings (SSSR count). The number of nitrogens with zero attached hydrogens (tertiary/aromatic N) is 1. The maximum Gasteiger partial charge on any atom is 0.412 e. The Kier molecular flexibility index (Phi) is 4.22. The number of carbonyl (C=O) groups excluding carboxylic acids is 2. The third-order valence-corrected chi connectivity index (χ3v) is 3.24.